The first-order valence-corrected chi connectivity index (χ1v) is 19.3. The van der Waals surface area contributed by atoms with Crippen LogP contribution < -0.4 is 5.73 Å². The summed E-state index contributed by atoms with van der Waals surface area (Å²) in [5.74, 6) is -2.98. The lowest BCUT2D eigenvalue weighted by Crippen LogP contribution is -2.38. The topological polar surface area (TPSA) is 171 Å². The van der Waals surface area contributed by atoms with Gasteiger partial charge in [0.15, 0.2) is 9.84 Å². The van der Waals surface area contributed by atoms with Crippen molar-refractivity contribution in [2.45, 2.75) is 43.3 Å². The molecule has 0 spiro atoms. The number of fused-ring (bicyclic) bond motifs is 1. The van der Waals surface area contributed by atoms with Crippen molar-refractivity contribution in [3.63, 3.8) is 0 Å². The second-order valence-electron chi connectivity index (χ2n) is 11.6. The molecule has 11 nitrogen and oxygen atoms in total. The molecule has 0 atom stereocenters. The summed E-state index contributed by atoms with van der Waals surface area (Å²) in [5, 5.41) is 10.1. The van der Waals surface area contributed by atoms with Gasteiger partial charge in [0.25, 0.3) is 5.91 Å². The fourth-order valence-electron chi connectivity index (χ4n) is 5.56. The van der Waals surface area contributed by atoms with E-state index in [-0.39, 0.29) is 17.4 Å². The Bertz CT molecular complexity index is 2000. The van der Waals surface area contributed by atoms with E-state index in [0.29, 0.717) is 55.0 Å². The number of alkyl halides is 3. The first-order valence-electron chi connectivity index (χ1n) is 15.2. The zero-order valence-corrected chi connectivity index (χ0v) is 29.2. The van der Waals surface area contributed by atoms with Crippen LogP contribution in [0.1, 0.15) is 46.5 Å². The van der Waals surface area contributed by atoms with Crippen LogP contribution in [0.5, 0.6) is 0 Å². The van der Waals surface area contributed by atoms with Gasteiger partial charge in [-0.2, -0.15) is 13.2 Å². The fraction of sp³-hybridized carbons (Fsp3) is 0.375. The Morgan fingerprint density at radius 2 is 1.69 bits per heavy atom. The summed E-state index contributed by atoms with van der Waals surface area (Å²) in [6, 6.07) is 14.4. The van der Waals surface area contributed by atoms with Crippen LogP contribution in [0.2, 0.25) is 0 Å². The number of sulfone groups is 1. The Labute approximate surface area is 286 Å². The second-order valence-corrected chi connectivity index (χ2v) is 17.0. The molecule has 1 amide bonds. The number of aromatic nitrogens is 1. The van der Waals surface area contributed by atoms with E-state index in [4.69, 9.17) is 15.6 Å². The Hall–Kier alpha value is -3.77. The van der Waals surface area contributed by atoms with Crippen molar-refractivity contribution in [1.29, 1.82) is 0 Å². The van der Waals surface area contributed by atoms with Gasteiger partial charge >= 0.3 is 12.1 Å². The number of piperidine rings is 1. The molecular formula is C32H37F3N4O7S3. The zero-order chi connectivity index (χ0) is 36.1. The number of benzene rings is 2. The van der Waals surface area contributed by atoms with E-state index in [2.05, 4.69) is 17.1 Å². The van der Waals surface area contributed by atoms with E-state index in [1.54, 1.807) is 52.9 Å². The SMILES string of the molecule is CCS(=O)(=O)N1CCC(c2c[nH]c3c(C(N)=O)cc(-c4csc(CN(C)CCS(=O)(=O)c5ccccc5)c4)cc23)CC1.O=C(O)C(F)(F)F. The van der Waals surface area contributed by atoms with Crippen molar-refractivity contribution >= 4 is 54.0 Å². The average molecular weight is 743 g/mol. The van der Waals surface area contributed by atoms with Gasteiger partial charge in [0, 0.05) is 42.6 Å². The number of nitrogens with zero attached hydrogens (tertiary/aromatic N) is 2. The van der Waals surface area contributed by atoms with Crippen molar-refractivity contribution in [3.8, 4) is 11.1 Å². The molecule has 17 heteroatoms. The van der Waals surface area contributed by atoms with Crippen molar-refractivity contribution < 1.29 is 44.7 Å². The summed E-state index contributed by atoms with van der Waals surface area (Å²) >= 11 is 1.58. The van der Waals surface area contributed by atoms with E-state index in [1.165, 1.54) is 0 Å². The van der Waals surface area contributed by atoms with E-state index in [9.17, 15) is 34.8 Å². The maximum Gasteiger partial charge on any atom is 0.490 e. The maximum absolute atomic E-state index is 12.7. The number of hydrogen-bond donors (Lipinski definition) is 3. The van der Waals surface area contributed by atoms with Gasteiger partial charge in [0.05, 0.1) is 27.5 Å². The molecule has 4 N–H and O–H groups in total. The normalized spacial score (nSPS) is 14.9. The third kappa shape index (κ3) is 9.48. The first-order chi connectivity index (χ1) is 22.9. The molecule has 2 aromatic carbocycles. The Morgan fingerprint density at radius 3 is 2.27 bits per heavy atom. The second kappa shape index (κ2) is 15.4. The lowest BCUT2D eigenvalue weighted by molar-refractivity contribution is -0.192. The van der Waals surface area contributed by atoms with Gasteiger partial charge < -0.3 is 20.7 Å². The first kappa shape index (κ1) is 38.0. The predicted octanol–water partition coefficient (Wildman–Crippen LogP) is 5.06. The molecule has 3 heterocycles. The van der Waals surface area contributed by atoms with Gasteiger partial charge in [0.2, 0.25) is 10.0 Å². The van der Waals surface area contributed by atoms with E-state index in [0.717, 1.165) is 27.0 Å². The van der Waals surface area contributed by atoms with Crippen molar-refractivity contribution in [1.82, 2.24) is 14.2 Å². The molecule has 1 saturated heterocycles. The number of amides is 1. The quantitative estimate of drug-likeness (QED) is 0.191. The molecule has 0 unspecified atom stereocenters. The predicted molar refractivity (Wildman–Crippen MR) is 182 cm³/mol. The van der Waals surface area contributed by atoms with Crippen molar-refractivity contribution in [2.75, 3.05) is 38.2 Å². The molecular weight excluding hydrogens is 706 g/mol. The summed E-state index contributed by atoms with van der Waals surface area (Å²) in [6.45, 7) is 3.61. The number of sulfonamides is 1. The summed E-state index contributed by atoms with van der Waals surface area (Å²) in [5.41, 5.74) is 9.80. The number of carboxylic acids is 1. The lowest BCUT2D eigenvalue weighted by Gasteiger charge is -2.31. The summed E-state index contributed by atoms with van der Waals surface area (Å²) in [7, 11) is -4.67. The van der Waals surface area contributed by atoms with Crippen LogP contribution in [0, 0.1) is 0 Å². The minimum atomic E-state index is -5.08. The number of carbonyl (C=O) groups excluding carboxylic acids is 1. The molecule has 4 aromatic rings. The Morgan fingerprint density at radius 1 is 1.06 bits per heavy atom. The number of H-pyrrole nitrogens is 1. The molecule has 0 aliphatic carbocycles. The summed E-state index contributed by atoms with van der Waals surface area (Å²) in [4.78, 5) is 28.0. The smallest absolute Gasteiger partial charge is 0.475 e. The summed E-state index contributed by atoms with van der Waals surface area (Å²) < 4.78 is 83.3. The van der Waals surface area contributed by atoms with E-state index >= 15 is 0 Å². The van der Waals surface area contributed by atoms with Gasteiger partial charge in [-0.25, -0.2) is 25.9 Å². The monoisotopic (exact) mass is 742 g/mol. The van der Waals surface area contributed by atoms with Crippen LogP contribution in [0.3, 0.4) is 0 Å². The van der Waals surface area contributed by atoms with Crippen LogP contribution in [0.4, 0.5) is 13.2 Å². The highest BCUT2D eigenvalue weighted by molar-refractivity contribution is 7.91. The van der Waals surface area contributed by atoms with Crippen LogP contribution in [0.15, 0.2) is 65.0 Å². The lowest BCUT2D eigenvalue weighted by atomic mass is 9.88. The molecule has 0 radical (unpaired) electrons. The Balaban J connectivity index is 0.000000698. The maximum atomic E-state index is 12.7. The Kier molecular flexibility index (Phi) is 12.0. The number of halogens is 3. The van der Waals surface area contributed by atoms with E-state index < -0.39 is 37.9 Å². The molecule has 1 aliphatic heterocycles. The molecule has 1 aliphatic rings. The van der Waals surface area contributed by atoms with E-state index in [1.807, 2.05) is 29.6 Å². The highest BCUT2D eigenvalue weighted by Gasteiger charge is 2.38. The average Bonchev–Trinajstić information content (AvgIpc) is 3.71. The van der Waals surface area contributed by atoms with Crippen molar-refractivity contribution in [3.05, 3.63) is 76.1 Å². The number of nitrogens with two attached hydrogens (primary N) is 1. The minimum absolute atomic E-state index is 0.0317. The number of thiophene rings is 1. The van der Waals surface area contributed by atoms with Gasteiger partial charge in [0.1, 0.15) is 0 Å². The van der Waals surface area contributed by atoms with Gasteiger partial charge in [-0.15, -0.1) is 11.3 Å². The summed E-state index contributed by atoms with van der Waals surface area (Å²) in [6.07, 6.45) is -1.75. The number of primary amides is 1. The number of aromatic amines is 1. The largest absolute Gasteiger partial charge is 0.490 e. The van der Waals surface area contributed by atoms with Gasteiger partial charge in [-0.1, -0.05) is 18.2 Å². The van der Waals surface area contributed by atoms with Crippen LogP contribution >= 0.6 is 11.3 Å². The number of hydrogen-bond acceptors (Lipinski definition) is 8. The van der Waals surface area contributed by atoms with Crippen molar-refractivity contribution in [2.24, 2.45) is 5.73 Å². The standard InChI is InChI=1S/C30H36N4O5S3.C2HF3O2/c1-3-42(38,39)34-11-9-21(10-12-34)28-18-32-29-26(28)16-22(17-27(29)30(31)35)23-15-24(40-20-23)19-33(2)13-14-41(36,37)25-7-5-4-6-8-25;3-2(4,5)1(6)7/h4-8,15-18,20-21,32H,3,9-14,19H2,1-2H3,(H2,31,35);(H,6,7). The third-order valence-corrected chi connectivity index (χ3v) is 12.8. The zero-order valence-electron chi connectivity index (χ0n) is 26.7. The number of carbonyl (C=O) groups is 2. The fourth-order valence-corrected chi connectivity index (χ4v) is 9.03. The molecule has 1 fully saturated rings. The number of rotatable bonds is 11. The molecule has 5 rings (SSSR count). The number of nitrogens with one attached hydrogen (secondary N) is 1. The molecule has 49 heavy (non-hydrogen) atoms. The number of carboxylic acid groups (broad SMARTS) is 1. The van der Waals surface area contributed by atoms with Crippen LogP contribution in [0.25, 0.3) is 22.0 Å². The highest BCUT2D eigenvalue weighted by Crippen LogP contribution is 2.38. The van der Waals surface area contributed by atoms with Crippen LogP contribution in [-0.2, 0) is 31.2 Å². The molecule has 0 bridgehead atoms. The number of aliphatic carboxylic acids is 1. The van der Waals surface area contributed by atoms with Gasteiger partial charge in [-0.3, -0.25) is 4.79 Å². The third-order valence-electron chi connectivity index (χ3n) is 8.24. The molecule has 266 valence electrons. The molecule has 2 aromatic heterocycles. The minimum Gasteiger partial charge on any atom is -0.475 e. The van der Waals surface area contributed by atoms with Crippen LogP contribution in [-0.4, -0.2) is 92.4 Å². The highest BCUT2D eigenvalue weighted by atomic mass is 32.2. The molecule has 0 saturated carbocycles. The van der Waals surface area contributed by atoms with Gasteiger partial charge in [-0.05, 0) is 85.1 Å².